The van der Waals surface area contributed by atoms with Crippen LogP contribution in [0, 0.1) is 0 Å². The highest BCUT2D eigenvalue weighted by atomic mass is 32.2. The van der Waals surface area contributed by atoms with E-state index in [1.807, 2.05) is 0 Å². The summed E-state index contributed by atoms with van der Waals surface area (Å²) in [6, 6.07) is 0. The van der Waals surface area contributed by atoms with Gasteiger partial charge in [-0.25, -0.2) is 0 Å². The van der Waals surface area contributed by atoms with Crippen LogP contribution in [-0.2, 0) is 24.5 Å². The molecule has 9 heteroatoms. The van der Waals surface area contributed by atoms with Crippen LogP contribution in [0.25, 0.3) is 0 Å². The Hall–Kier alpha value is -0.740. The van der Waals surface area contributed by atoms with Crippen molar-refractivity contribution in [1.82, 2.24) is 9.03 Å². The van der Waals surface area contributed by atoms with Crippen molar-refractivity contribution in [3.05, 3.63) is 0 Å². The number of rotatable bonds is 4. The molecule has 0 aromatic heterocycles. The summed E-state index contributed by atoms with van der Waals surface area (Å²) in [5.41, 5.74) is -1.54. The van der Waals surface area contributed by atoms with Gasteiger partial charge in [0.1, 0.15) is 0 Å². The van der Waals surface area contributed by atoms with Gasteiger partial charge in [0.25, 0.3) is 10.2 Å². The van der Waals surface area contributed by atoms with E-state index in [1.165, 1.54) is 4.31 Å². The summed E-state index contributed by atoms with van der Waals surface area (Å²) >= 11 is 0. The maximum Gasteiger partial charge on any atom is 0.327 e. The van der Waals surface area contributed by atoms with Gasteiger partial charge in [0.15, 0.2) is 5.54 Å². The maximum atomic E-state index is 12.1. The van der Waals surface area contributed by atoms with Crippen molar-refractivity contribution >= 4 is 16.2 Å². The molecule has 0 saturated carbocycles. The fourth-order valence-electron chi connectivity index (χ4n) is 1.96. The zero-order valence-electron chi connectivity index (χ0n) is 9.79. The Morgan fingerprint density at radius 2 is 1.89 bits per heavy atom. The zero-order valence-corrected chi connectivity index (χ0v) is 10.6. The van der Waals surface area contributed by atoms with Crippen molar-refractivity contribution in [2.45, 2.75) is 12.0 Å². The van der Waals surface area contributed by atoms with Crippen molar-refractivity contribution < 1.29 is 27.8 Å². The van der Waals surface area contributed by atoms with Gasteiger partial charge in [-0.05, 0) is 0 Å². The van der Waals surface area contributed by atoms with Gasteiger partial charge < -0.3 is 14.6 Å². The quantitative estimate of drug-likeness (QED) is 0.642. The van der Waals surface area contributed by atoms with Gasteiger partial charge in [-0.2, -0.15) is 17.4 Å². The van der Waals surface area contributed by atoms with Gasteiger partial charge in [0.2, 0.25) is 0 Å². The zero-order chi connectivity index (χ0) is 13.2. The van der Waals surface area contributed by atoms with Gasteiger partial charge in [-0.15, -0.1) is 0 Å². The van der Waals surface area contributed by atoms with Crippen LogP contribution in [0.1, 0.15) is 6.42 Å². The summed E-state index contributed by atoms with van der Waals surface area (Å²) < 4.78 is 37.7. The lowest BCUT2D eigenvalue weighted by molar-refractivity contribution is -0.144. The standard InChI is InChI=1S/C9H16N2O6S/c12-8(13)9(1-4-17-7-9)10-18(14,15)11-2-5-16-6-3-11/h10H,1-7H2,(H,12,13). The first-order valence-electron chi connectivity index (χ1n) is 5.64. The Kier molecular flexibility index (Phi) is 3.87. The Bertz CT molecular complexity index is 411. The van der Waals surface area contributed by atoms with E-state index in [1.54, 1.807) is 0 Å². The second-order valence-corrected chi connectivity index (χ2v) is 5.98. The van der Waals surface area contributed by atoms with Gasteiger partial charge in [-0.1, -0.05) is 0 Å². The Morgan fingerprint density at radius 3 is 2.39 bits per heavy atom. The van der Waals surface area contributed by atoms with Crippen LogP contribution < -0.4 is 4.72 Å². The Balaban J connectivity index is 2.12. The van der Waals surface area contributed by atoms with Gasteiger partial charge in [0, 0.05) is 26.1 Å². The van der Waals surface area contributed by atoms with Crippen molar-refractivity contribution in [2.75, 3.05) is 39.5 Å². The molecule has 2 rings (SSSR count). The number of morpholine rings is 1. The lowest BCUT2D eigenvalue weighted by Crippen LogP contribution is -2.59. The number of hydrogen-bond acceptors (Lipinski definition) is 5. The summed E-state index contributed by atoms with van der Waals surface area (Å²) in [4.78, 5) is 11.2. The molecule has 8 nitrogen and oxygen atoms in total. The predicted molar refractivity (Wildman–Crippen MR) is 60.3 cm³/mol. The molecule has 0 amide bonds. The molecule has 0 aliphatic carbocycles. The average Bonchev–Trinajstić information content (AvgIpc) is 2.79. The van der Waals surface area contributed by atoms with E-state index in [4.69, 9.17) is 9.47 Å². The number of aliphatic carboxylic acids is 1. The number of hydrogen-bond donors (Lipinski definition) is 2. The molecule has 0 radical (unpaired) electrons. The highest BCUT2D eigenvalue weighted by molar-refractivity contribution is 7.87. The van der Waals surface area contributed by atoms with E-state index in [2.05, 4.69) is 4.72 Å². The third-order valence-electron chi connectivity index (χ3n) is 3.07. The molecule has 2 aliphatic rings. The molecule has 104 valence electrons. The molecule has 2 N–H and O–H groups in total. The number of carboxylic acid groups (broad SMARTS) is 1. The topological polar surface area (TPSA) is 105 Å². The van der Waals surface area contributed by atoms with Crippen LogP contribution in [-0.4, -0.2) is 68.9 Å². The normalized spacial score (nSPS) is 30.4. The molecule has 0 aromatic carbocycles. The molecule has 2 fully saturated rings. The smallest absolute Gasteiger partial charge is 0.327 e. The molecule has 2 saturated heterocycles. The molecule has 1 unspecified atom stereocenters. The summed E-state index contributed by atoms with van der Waals surface area (Å²) in [7, 11) is -3.83. The largest absolute Gasteiger partial charge is 0.480 e. The van der Waals surface area contributed by atoms with E-state index in [0.717, 1.165) is 0 Å². The highest BCUT2D eigenvalue weighted by Gasteiger charge is 2.47. The fraction of sp³-hybridized carbons (Fsp3) is 0.889. The van der Waals surface area contributed by atoms with E-state index in [0.29, 0.717) is 13.2 Å². The molecular weight excluding hydrogens is 264 g/mol. The second kappa shape index (κ2) is 5.10. The van der Waals surface area contributed by atoms with Crippen molar-refractivity contribution in [1.29, 1.82) is 0 Å². The minimum absolute atomic E-state index is 0.131. The van der Waals surface area contributed by atoms with Crippen LogP contribution >= 0.6 is 0 Å². The van der Waals surface area contributed by atoms with Gasteiger partial charge >= 0.3 is 5.97 Å². The number of nitrogens with zero attached hydrogens (tertiary/aromatic N) is 1. The first kappa shape index (κ1) is 13.7. The van der Waals surface area contributed by atoms with Crippen molar-refractivity contribution in [3.8, 4) is 0 Å². The average molecular weight is 280 g/mol. The summed E-state index contributed by atoms with van der Waals surface area (Å²) in [5.74, 6) is -1.21. The summed E-state index contributed by atoms with van der Waals surface area (Å²) in [6.07, 6.45) is 0.131. The van der Waals surface area contributed by atoms with Gasteiger partial charge in [-0.3, -0.25) is 4.79 Å². The van der Waals surface area contributed by atoms with E-state index in [9.17, 15) is 18.3 Å². The molecule has 18 heavy (non-hydrogen) atoms. The number of carboxylic acids is 1. The lowest BCUT2D eigenvalue weighted by atomic mass is 10.0. The van der Waals surface area contributed by atoms with E-state index in [-0.39, 0.29) is 32.7 Å². The Morgan fingerprint density at radius 1 is 1.22 bits per heavy atom. The number of carbonyl (C=O) groups is 1. The molecule has 0 bridgehead atoms. The highest BCUT2D eigenvalue weighted by Crippen LogP contribution is 2.21. The third-order valence-corrected chi connectivity index (χ3v) is 4.76. The summed E-state index contributed by atoms with van der Waals surface area (Å²) in [5, 5.41) is 9.18. The van der Waals surface area contributed by atoms with Crippen LogP contribution in [0.2, 0.25) is 0 Å². The molecular formula is C9H16N2O6S. The van der Waals surface area contributed by atoms with Crippen LogP contribution in [0.4, 0.5) is 0 Å². The van der Waals surface area contributed by atoms with Crippen LogP contribution in [0.3, 0.4) is 0 Å². The van der Waals surface area contributed by atoms with Crippen LogP contribution in [0.15, 0.2) is 0 Å². The van der Waals surface area contributed by atoms with Crippen molar-refractivity contribution in [2.24, 2.45) is 0 Å². The third kappa shape index (κ3) is 2.64. The van der Waals surface area contributed by atoms with E-state index < -0.39 is 21.7 Å². The monoisotopic (exact) mass is 280 g/mol. The SMILES string of the molecule is O=C(O)C1(NS(=O)(=O)N2CCOCC2)CCOC1. The molecule has 0 spiro atoms. The number of nitrogens with one attached hydrogen (secondary N) is 1. The second-order valence-electron chi connectivity index (χ2n) is 4.31. The van der Waals surface area contributed by atoms with Crippen LogP contribution in [0.5, 0.6) is 0 Å². The lowest BCUT2D eigenvalue weighted by Gasteiger charge is -2.30. The molecule has 2 heterocycles. The molecule has 2 aliphatic heterocycles. The first-order valence-corrected chi connectivity index (χ1v) is 7.08. The minimum atomic E-state index is -3.83. The summed E-state index contributed by atoms with van der Waals surface area (Å²) in [6.45, 7) is 1.18. The van der Waals surface area contributed by atoms with Crippen molar-refractivity contribution in [3.63, 3.8) is 0 Å². The maximum absolute atomic E-state index is 12.1. The predicted octanol–water partition coefficient (Wildman–Crippen LogP) is -1.60. The van der Waals surface area contributed by atoms with E-state index >= 15 is 0 Å². The minimum Gasteiger partial charge on any atom is -0.480 e. The molecule has 1 atom stereocenters. The number of ether oxygens (including phenoxy) is 2. The molecule has 0 aromatic rings. The Labute approximate surface area is 105 Å². The first-order chi connectivity index (χ1) is 8.46. The van der Waals surface area contributed by atoms with Gasteiger partial charge in [0.05, 0.1) is 19.8 Å². The fourth-order valence-corrected chi connectivity index (χ4v) is 3.46.